The number of carbonyl (C=O) groups excluding carboxylic acids is 2. The number of aromatic nitrogens is 3. The summed E-state index contributed by atoms with van der Waals surface area (Å²) in [5.74, 6) is -3.44. The SMILES string of the molecule is CCOc1c(CC(N)=O)cc([C@@](O)(CNC(=O)c2cnc3ccc(F)cn23)C(F)(F)F)nc1-c1ccc(F)cc1. The molecule has 4 rings (SSSR count). The second kappa shape index (κ2) is 10.9. The number of alkyl halides is 3. The lowest BCUT2D eigenvalue weighted by Gasteiger charge is -2.31. The number of carbonyl (C=O) groups is 2. The summed E-state index contributed by atoms with van der Waals surface area (Å²) in [4.78, 5) is 32.5. The highest BCUT2D eigenvalue weighted by Gasteiger charge is 2.56. The zero-order valence-corrected chi connectivity index (χ0v) is 20.8. The Hall–Kier alpha value is -4.59. The van der Waals surface area contributed by atoms with Crippen LogP contribution in [0.4, 0.5) is 22.0 Å². The van der Waals surface area contributed by atoms with Gasteiger partial charge in [-0.2, -0.15) is 13.2 Å². The van der Waals surface area contributed by atoms with Gasteiger partial charge < -0.3 is 20.9 Å². The van der Waals surface area contributed by atoms with Gasteiger partial charge in [0.1, 0.15) is 34.4 Å². The monoisotopic (exact) mass is 563 g/mol. The smallest absolute Gasteiger partial charge is 0.424 e. The van der Waals surface area contributed by atoms with Crippen LogP contribution in [0, 0.1) is 11.6 Å². The van der Waals surface area contributed by atoms with E-state index in [4.69, 9.17) is 10.5 Å². The number of pyridine rings is 2. The molecule has 4 aromatic rings. The molecule has 2 amide bonds. The molecule has 40 heavy (non-hydrogen) atoms. The highest BCUT2D eigenvalue weighted by molar-refractivity contribution is 5.93. The van der Waals surface area contributed by atoms with Gasteiger partial charge >= 0.3 is 6.18 Å². The van der Waals surface area contributed by atoms with Gasteiger partial charge in [0.25, 0.3) is 5.91 Å². The number of rotatable bonds is 9. The van der Waals surface area contributed by atoms with E-state index in [9.17, 15) is 36.6 Å². The zero-order valence-electron chi connectivity index (χ0n) is 20.8. The summed E-state index contributed by atoms with van der Waals surface area (Å²) in [6.07, 6.45) is -4.02. The van der Waals surface area contributed by atoms with Gasteiger partial charge in [0.05, 0.1) is 31.5 Å². The van der Waals surface area contributed by atoms with Crippen LogP contribution in [0.2, 0.25) is 0 Å². The molecule has 4 N–H and O–H groups in total. The fraction of sp³-hybridized carbons (Fsp3) is 0.231. The van der Waals surface area contributed by atoms with Crippen LogP contribution < -0.4 is 15.8 Å². The molecule has 0 aliphatic heterocycles. The van der Waals surface area contributed by atoms with Crippen LogP contribution in [0.3, 0.4) is 0 Å². The van der Waals surface area contributed by atoms with Crippen molar-refractivity contribution in [2.75, 3.05) is 13.2 Å². The Labute approximate surface area is 223 Å². The number of hydrogen-bond donors (Lipinski definition) is 3. The van der Waals surface area contributed by atoms with E-state index in [0.717, 1.165) is 41.1 Å². The van der Waals surface area contributed by atoms with Crippen LogP contribution in [0.1, 0.15) is 28.7 Å². The zero-order chi connectivity index (χ0) is 29.2. The van der Waals surface area contributed by atoms with E-state index >= 15 is 0 Å². The lowest BCUT2D eigenvalue weighted by molar-refractivity contribution is -0.265. The van der Waals surface area contributed by atoms with Crippen molar-refractivity contribution < 1.29 is 41.4 Å². The number of primary amides is 1. The number of fused-ring (bicyclic) bond motifs is 1. The van der Waals surface area contributed by atoms with Gasteiger partial charge in [-0.15, -0.1) is 0 Å². The van der Waals surface area contributed by atoms with E-state index in [2.05, 4.69) is 9.97 Å². The first-order valence-corrected chi connectivity index (χ1v) is 11.8. The van der Waals surface area contributed by atoms with E-state index in [1.165, 1.54) is 18.2 Å². The molecule has 1 aromatic carbocycles. The number of amides is 2. The van der Waals surface area contributed by atoms with Gasteiger partial charge in [-0.25, -0.2) is 18.7 Å². The van der Waals surface area contributed by atoms with Gasteiger partial charge in [-0.1, -0.05) is 0 Å². The van der Waals surface area contributed by atoms with Crippen molar-refractivity contribution in [2.45, 2.75) is 25.1 Å². The number of nitrogens with zero attached hydrogens (tertiary/aromatic N) is 3. The van der Waals surface area contributed by atoms with Gasteiger partial charge in [0.2, 0.25) is 11.5 Å². The van der Waals surface area contributed by atoms with Crippen LogP contribution in [-0.2, 0) is 16.8 Å². The number of benzene rings is 1. The number of nitrogens with two attached hydrogens (primary N) is 1. The molecule has 0 aliphatic rings. The van der Waals surface area contributed by atoms with E-state index in [1.54, 1.807) is 6.92 Å². The number of imidazole rings is 1. The Morgan fingerprint density at radius 1 is 1.10 bits per heavy atom. The Morgan fingerprint density at radius 2 is 1.77 bits per heavy atom. The summed E-state index contributed by atoms with van der Waals surface area (Å²) < 4.78 is 77.2. The highest BCUT2D eigenvalue weighted by Crippen LogP contribution is 2.42. The molecule has 0 aliphatic carbocycles. The minimum absolute atomic E-state index is 0.0283. The Bertz CT molecular complexity index is 1570. The molecule has 0 spiro atoms. The van der Waals surface area contributed by atoms with Gasteiger partial charge in [0, 0.05) is 17.3 Å². The molecule has 0 radical (unpaired) electrons. The highest BCUT2D eigenvalue weighted by atomic mass is 19.4. The van der Waals surface area contributed by atoms with Crippen molar-refractivity contribution in [3.8, 4) is 17.0 Å². The fourth-order valence-electron chi connectivity index (χ4n) is 3.98. The molecular formula is C26H22F5N5O4. The van der Waals surface area contributed by atoms with Gasteiger partial charge in [-0.05, 0) is 49.4 Å². The van der Waals surface area contributed by atoms with Crippen LogP contribution in [0.5, 0.6) is 5.75 Å². The number of halogens is 5. The maximum Gasteiger partial charge on any atom is 0.424 e. The third-order valence-corrected chi connectivity index (χ3v) is 5.92. The number of aliphatic hydroxyl groups is 1. The fourth-order valence-corrected chi connectivity index (χ4v) is 3.98. The second-order valence-electron chi connectivity index (χ2n) is 8.69. The molecule has 0 bridgehead atoms. The summed E-state index contributed by atoms with van der Waals surface area (Å²) in [5.41, 5.74) is 0.200. The predicted molar refractivity (Wildman–Crippen MR) is 131 cm³/mol. The predicted octanol–water partition coefficient (Wildman–Crippen LogP) is 3.28. The first-order valence-electron chi connectivity index (χ1n) is 11.8. The number of nitrogens with one attached hydrogen (secondary N) is 1. The Balaban J connectivity index is 1.81. The molecule has 14 heteroatoms. The van der Waals surface area contributed by atoms with E-state index in [1.807, 2.05) is 5.32 Å². The summed E-state index contributed by atoms with van der Waals surface area (Å²) in [6.45, 7) is 0.197. The van der Waals surface area contributed by atoms with Gasteiger partial charge in [-0.3, -0.25) is 14.0 Å². The molecule has 0 unspecified atom stereocenters. The quantitative estimate of drug-likeness (QED) is 0.268. The largest absolute Gasteiger partial charge is 0.491 e. The Kier molecular flexibility index (Phi) is 7.73. The standard InChI is InChI=1S/C26H22F5N5O4/c1-2-40-23-15(10-20(32)37)9-19(35-22(23)14-3-5-16(27)6-4-14)25(39,26(29,30)31)13-34-24(38)18-11-33-21-8-7-17(28)12-36(18)21/h3-9,11-12,39H,2,10,13H2,1H3,(H2,32,37)(H,34,38)/t25-/m0/s1. The summed E-state index contributed by atoms with van der Waals surface area (Å²) >= 11 is 0. The van der Waals surface area contributed by atoms with Crippen molar-refractivity contribution in [2.24, 2.45) is 5.73 Å². The summed E-state index contributed by atoms with van der Waals surface area (Å²) in [7, 11) is 0. The van der Waals surface area contributed by atoms with Crippen molar-refractivity contribution >= 4 is 17.5 Å². The third-order valence-electron chi connectivity index (χ3n) is 5.92. The summed E-state index contributed by atoms with van der Waals surface area (Å²) in [6, 6.07) is 7.72. The van der Waals surface area contributed by atoms with Crippen LogP contribution in [-0.4, -0.2) is 50.6 Å². The average molecular weight is 563 g/mol. The normalized spacial score (nSPS) is 13.2. The second-order valence-corrected chi connectivity index (χ2v) is 8.69. The van der Waals surface area contributed by atoms with Crippen LogP contribution in [0.25, 0.3) is 16.9 Å². The van der Waals surface area contributed by atoms with Crippen LogP contribution >= 0.6 is 0 Å². The molecule has 3 aromatic heterocycles. The van der Waals surface area contributed by atoms with Crippen molar-refractivity contribution in [3.63, 3.8) is 0 Å². The average Bonchev–Trinajstić information content (AvgIpc) is 3.30. The lowest BCUT2D eigenvalue weighted by atomic mass is 9.93. The Morgan fingerprint density at radius 3 is 2.40 bits per heavy atom. The number of ether oxygens (including phenoxy) is 1. The van der Waals surface area contributed by atoms with Crippen molar-refractivity contribution in [3.05, 3.63) is 83.4 Å². The van der Waals surface area contributed by atoms with E-state index in [0.29, 0.717) is 0 Å². The summed E-state index contributed by atoms with van der Waals surface area (Å²) in [5, 5.41) is 13.0. The molecule has 0 saturated heterocycles. The van der Waals surface area contributed by atoms with E-state index < -0.39 is 53.9 Å². The third kappa shape index (κ3) is 5.57. The maximum absolute atomic E-state index is 14.4. The van der Waals surface area contributed by atoms with Crippen molar-refractivity contribution in [1.29, 1.82) is 0 Å². The molecular weight excluding hydrogens is 541 g/mol. The van der Waals surface area contributed by atoms with Crippen LogP contribution in [0.15, 0.2) is 54.9 Å². The van der Waals surface area contributed by atoms with E-state index in [-0.39, 0.29) is 40.5 Å². The number of hydrogen-bond acceptors (Lipinski definition) is 6. The first-order chi connectivity index (χ1) is 18.8. The van der Waals surface area contributed by atoms with Gasteiger partial charge in [0.15, 0.2) is 0 Å². The molecule has 0 saturated carbocycles. The maximum atomic E-state index is 14.4. The topological polar surface area (TPSA) is 132 Å². The lowest BCUT2D eigenvalue weighted by Crippen LogP contribution is -2.51. The molecule has 1 atom stereocenters. The van der Waals surface area contributed by atoms with Crippen molar-refractivity contribution in [1.82, 2.24) is 19.7 Å². The first kappa shape index (κ1) is 28.4. The minimum Gasteiger partial charge on any atom is -0.491 e. The molecule has 210 valence electrons. The molecule has 0 fully saturated rings. The molecule has 3 heterocycles. The minimum atomic E-state index is -5.39. The molecule has 9 nitrogen and oxygen atoms in total.